The summed E-state index contributed by atoms with van der Waals surface area (Å²) in [7, 11) is 0. The highest BCUT2D eigenvalue weighted by atomic mass is 79.9. The molecule has 106 valence electrons. The highest BCUT2D eigenvalue weighted by Gasteiger charge is 2.19. The molecule has 0 bridgehead atoms. The summed E-state index contributed by atoms with van der Waals surface area (Å²) in [5.74, 6) is 0.231. The molecule has 0 saturated heterocycles. The van der Waals surface area contributed by atoms with Crippen LogP contribution in [0.15, 0.2) is 40.9 Å². The third-order valence-corrected chi connectivity index (χ3v) is 3.73. The number of hydrogen-bond donors (Lipinski definition) is 1. The van der Waals surface area contributed by atoms with E-state index in [4.69, 9.17) is 4.74 Å². The normalized spacial score (nSPS) is 12.2. The number of aryl methyl sites for hydroxylation is 1. The van der Waals surface area contributed by atoms with Crippen LogP contribution >= 0.6 is 15.9 Å². The summed E-state index contributed by atoms with van der Waals surface area (Å²) in [6, 6.07) is 9.86. The monoisotopic (exact) mass is 338 g/mol. The molecule has 2 aromatic carbocycles. The molecule has 2 aromatic rings. The highest BCUT2D eigenvalue weighted by Crippen LogP contribution is 2.34. The predicted molar refractivity (Wildman–Crippen MR) is 80.5 cm³/mol. The largest absolute Gasteiger partial charge is 0.493 e. The van der Waals surface area contributed by atoms with Gasteiger partial charge in [0, 0.05) is 15.6 Å². The fourth-order valence-corrected chi connectivity index (χ4v) is 2.52. The summed E-state index contributed by atoms with van der Waals surface area (Å²) >= 11 is 3.34. The van der Waals surface area contributed by atoms with E-state index in [1.807, 2.05) is 32.0 Å². The van der Waals surface area contributed by atoms with Gasteiger partial charge in [0.1, 0.15) is 17.7 Å². The standard InChI is InChI=1S/C16H16BrFO2/c1-3-20-15-7-4-10(2)8-13(15)16(19)12-9-11(18)5-6-14(12)17/h4-9,16,19H,3H2,1-2H3. The van der Waals surface area contributed by atoms with E-state index in [1.54, 1.807) is 6.07 Å². The lowest BCUT2D eigenvalue weighted by atomic mass is 9.99. The van der Waals surface area contributed by atoms with E-state index in [0.717, 1.165) is 5.56 Å². The maximum atomic E-state index is 13.4. The average Bonchev–Trinajstić information content (AvgIpc) is 2.43. The number of halogens is 2. The molecule has 1 atom stereocenters. The Bertz CT molecular complexity index is 613. The van der Waals surface area contributed by atoms with E-state index in [1.165, 1.54) is 12.1 Å². The van der Waals surface area contributed by atoms with Crippen LogP contribution in [-0.2, 0) is 0 Å². The molecule has 0 fully saturated rings. The zero-order chi connectivity index (χ0) is 14.7. The van der Waals surface area contributed by atoms with Gasteiger partial charge in [-0.05, 0) is 44.2 Å². The van der Waals surface area contributed by atoms with Gasteiger partial charge < -0.3 is 9.84 Å². The minimum atomic E-state index is -0.943. The van der Waals surface area contributed by atoms with Crippen molar-refractivity contribution in [1.29, 1.82) is 0 Å². The number of rotatable bonds is 4. The van der Waals surface area contributed by atoms with Crippen LogP contribution in [0.2, 0.25) is 0 Å². The van der Waals surface area contributed by atoms with Crippen molar-refractivity contribution < 1.29 is 14.2 Å². The highest BCUT2D eigenvalue weighted by molar-refractivity contribution is 9.10. The number of hydrogen-bond acceptors (Lipinski definition) is 2. The van der Waals surface area contributed by atoms with Crippen molar-refractivity contribution in [2.24, 2.45) is 0 Å². The molecule has 1 unspecified atom stereocenters. The second-order valence-corrected chi connectivity index (χ2v) is 5.40. The van der Waals surface area contributed by atoms with Gasteiger partial charge in [-0.3, -0.25) is 0 Å². The van der Waals surface area contributed by atoms with Crippen LogP contribution in [0.1, 0.15) is 29.7 Å². The summed E-state index contributed by atoms with van der Waals surface area (Å²) in [6.45, 7) is 4.33. The molecule has 0 radical (unpaired) electrons. The van der Waals surface area contributed by atoms with Crippen molar-refractivity contribution in [3.05, 3.63) is 63.4 Å². The first-order valence-electron chi connectivity index (χ1n) is 6.39. The molecule has 4 heteroatoms. The minimum absolute atomic E-state index is 0.382. The van der Waals surface area contributed by atoms with Crippen LogP contribution in [0.5, 0.6) is 5.75 Å². The minimum Gasteiger partial charge on any atom is -0.493 e. The predicted octanol–water partition coefficient (Wildman–Crippen LogP) is 4.38. The van der Waals surface area contributed by atoms with Gasteiger partial charge in [-0.1, -0.05) is 27.6 Å². The molecular formula is C16H16BrFO2. The maximum Gasteiger partial charge on any atom is 0.125 e. The Hall–Kier alpha value is -1.39. The summed E-state index contributed by atoms with van der Waals surface area (Å²) in [6.07, 6.45) is -0.943. The third-order valence-electron chi connectivity index (χ3n) is 3.01. The fraction of sp³-hybridized carbons (Fsp3) is 0.250. The Kier molecular flexibility index (Phi) is 4.78. The first-order chi connectivity index (χ1) is 9.52. The van der Waals surface area contributed by atoms with Crippen molar-refractivity contribution in [2.45, 2.75) is 20.0 Å². The zero-order valence-corrected chi connectivity index (χ0v) is 12.9. The SMILES string of the molecule is CCOc1ccc(C)cc1C(O)c1cc(F)ccc1Br. The molecule has 0 aromatic heterocycles. The van der Waals surface area contributed by atoms with E-state index in [-0.39, 0.29) is 5.82 Å². The van der Waals surface area contributed by atoms with E-state index < -0.39 is 6.10 Å². The second-order valence-electron chi connectivity index (χ2n) is 4.54. The Labute approximate surface area is 126 Å². The lowest BCUT2D eigenvalue weighted by Crippen LogP contribution is -2.05. The molecule has 1 N–H and O–H groups in total. The molecule has 0 aliphatic carbocycles. The van der Waals surface area contributed by atoms with Crippen LogP contribution in [-0.4, -0.2) is 11.7 Å². The summed E-state index contributed by atoms with van der Waals surface area (Å²) < 4.78 is 19.6. The Balaban J connectivity index is 2.49. The van der Waals surface area contributed by atoms with Gasteiger partial charge in [-0.15, -0.1) is 0 Å². The quantitative estimate of drug-likeness (QED) is 0.896. The summed E-state index contributed by atoms with van der Waals surface area (Å²) in [5, 5.41) is 10.6. The topological polar surface area (TPSA) is 29.5 Å². The van der Waals surface area contributed by atoms with E-state index in [9.17, 15) is 9.50 Å². The number of aliphatic hydroxyl groups is 1. The summed E-state index contributed by atoms with van der Waals surface area (Å²) in [4.78, 5) is 0. The van der Waals surface area contributed by atoms with Crippen LogP contribution in [0, 0.1) is 12.7 Å². The number of ether oxygens (including phenoxy) is 1. The third kappa shape index (κ3) is 3.19. The first-order valence-corrected chi connectivity index (χ1v) is 7.18. The lowest BCUT2D eigenvalue weighted by Gasteiger charge is -2.18. The molecule has 0 heterocycles. The molecule has 20 heavy (non-hydrogen) atoms. The smallest absolute Gasteiger partial charge is 0.125 e. The van der Waals surface area contributed by atoms with Crippen LogP contribution in [0.3, 0.4) is 0 Å². The Morgan fingerprint density at radius 3 is 2.65 bits per heavy atom. The second kappa shape index (κ2) is 6.37. The lowest BCUT2D eigenvalue weighted by molar-refractivity contribution is 0.210. The Morgan fingerprint density at radius 2 is 1.95 bits per heavy atom. The van der Waals surface area contributed by atoms with Crippen LogP contribution < -0.4 is 4.74 Å². The van der Waals surface area contributed by atoms with Gasteiger partial charge in [0.25, 0.3) is 0 Å². The van der Waals surface area contributed by atoms with Crippen LogP contribution in [0.4, 0.5) is 4.39 Å². The van der Waals surface area contributed by atoms with Crippen molar-refractivity contribution in [3.63, 3.8) is 0 Å². The Morgan fingerprint density at radius 1 is 1.20 bits per heavy atom. The van der Waals surface area contributed by atoms with Gasteiger partial charge >= 0.3 is 0 Å². The van der Waals surface area contributed by atoms with Crippen LogP contribution in [0.25, 0.3) is 0 Å². The number of benzene rings is 2. The van der Waals surface area contributed by atoms with E-state index >= 15 is 0 Å². The molecule has 2 nitrogen and oxygen atoms in total. The van der Waals surface area contributed by atoms with Crippen molar-refractivity contribution in [2.75, 3.05) is 6.61 Å². The van der Waals surface area contributed by atoms with Gasteiger partial charge in [0.2, 0.25) is 0 Å². The maximum absolute atomic E-state index is 13.4. The summed E-state index contributed by atoms with van der Waals surface area (Å²) in [5.41, 5.74) is 2.13. The van der Waals surface area contributed by atoms with Gasteiger partial charge in [-0.2, -0.15) is 0 Å². The average molecular weight is 339 g/mol. The van der Waals surface area contributed by atoms with Crippen molar-refractivity contribution in [3.8, 4) is 5.75 Å². The molecule has 0 aliphatic heterocycles. The van der Waals surface area contributed by atoms with E-state index in [2.05, 4.69) is 15.9 Å². The fourth-order valence-electron chi connectivity index (χ4n) is 2.06. The molecule has 2 rings (SSSR count). The molecular weight excluding hydrogens is 323 g/mol. The number of aliphatic hydroxyl groups excluding tert-OH is 1. The van der Waals surface area contributed by atoms with Crippen molar-refractivity contribution in [1.82, 2.24) is 0 Å². The first kappa shape index (κ1) is 15.0. The van der Waals surface area contributed by atoms with Crippen molar-refractivity contribution >= 4 is 15.9 Å². The molecule has 0 spiro atoms. The molecule has 0 amide bonds. The van der Waals surface area contributed by atoms with Gasteiger partial charge in [-0.25, -0.2) is 4.39 Å². The zero-order valence-electron chi connectivity index (χ0n) is 11.4. The van der Waals surface area contributed by atoms with Gasteiger partial charge in [0.05, 0.1) is 6.61 Å². The van der Waals surface area contributed by atoms with E-state index in [0.29, 0.717) is 28.0 Å². The molecule has 0 saturated carbocycles. The molecule has 0 aliphatic rings. The van der Waals surface area contributed by atoms with Gasteiger partial charge in [0.15, 0.2) is 0 Å².